The summed E-state index contributed by atoms with van der Waals surface area (Å²) in [6.45, 7) is 5.72. The maximum Gasteiger partial charge on any atom is 0.407 e. The number of carbonyl (C=O) groups is 6. The van der Waals surface area contributed by atoms with Crippen LogP contribution in [0, 0.1) is 12.7 Å². The van der Waals surface area contributed by atoms with E-state index in [1.165, 1.54) is 36.6 Å². The zero-order valence-electron chi connectivity index (χ0n) is 33.8. The van der Waals surface area contributed by atoms with Gasteiger partial charge in [0.25, 0.3) is 5.56 Å². The van der Waals surface area contributed by atoms with Gasteiger partial charge in [-0.3, -0.25) is 24.0 Å². The molecule has 19 heteroatoms. The lowest BCUT2D eigenvalue weighted by molar-refractivity contribution is -0.172. The summed E-state index contributed by atoms with van der Waals surface area (Å²) >= 11 is 0. The van der Waals surface area contributed by atoms with Gasteiger partial charge in [0.2, 0.25) is 23.6 Å². The number of nitrogens with zero attached hydrogens (tertiary/aromatic N) is 2. The number of primary amides is 1. The van der Waals surface area contributed by atoms with Gasteiger partial charge in [-0.15, -0.1) is 0 Å². The quantitative estimate of drug-likeness (QED) is 0.0883. The van der Waals surface area contributed by atoms with Gasteiger partial charge in [0.15, 0.2) is 5.60 Å². The van der Waals surface area contributed by atoms with Crippen LogP contribution in [0.3, 0.4) is 0 Å². The molecule has 0 saturated heterocycles. The van der Waals surface area contributed by atoms with Gasteiger partial charge in [-0.05, 0) is 80.5 Å². The molecule has 5 amide bonds. The number of hydrogen-bond donors (Lipinski definition) is 7. The summed E-state index contributed by atoms with van der Waals surface area (Å²) in [5.41, 5.74) is 13.0. The smallest absolute Gasteiger partial charge is 0.407 e. The van der Waals surface area contributed by atoms with Gasteiger partial charge in [-0.2, -0.15) is 0 Å². The third-order valence-corrected chi connectivity index (χ3v) is 11.5. The molecule has 2 aromatic carbocycles. The third kappa shape index (κ3) is 7.88. The molecule has 0 fully saturated rings. The van der Waals surface area contributed by atoms with Gasteiger partial charge in [0, 0.05) is 28.3 Å². The minimum Gasteiger partial charge on any atom is -0.458 e. The highest BCUT2D eigenvalue weighted by Gasteiger charge is 2.46. The lowest BCUT2D eigenvalue weighted by atomic mass is 9.81. The van der Waals surface area contributed by atoms with E-state index < -0.39 is 83.3 Å². The standard InChI is InChI=1S/C42H45FN8O10/c1-5-42(59)26-12-31-35-24(15-51(31)39(56)25(26)17-60-40(42)57)34-28(11-10-23-18(2)27(43)13-29(48-35)33(23)34)50-41(58)61-16-21-6-8-22(9-7-21)47-38(55)30(14-32(45)52)49-37(54)20(4)46-36(53)19(3)44/h6-9,12-13,19-20,28,30,59H,5,10-11,14-17,44H2,1-4H3,(H2,45,52)(H,46,53)(H,47,55)(H,49,54)(H,50,58)/t19?,20?,28-,30?,42-/m0/s1. The number of cyclic esters (lactones) is 1. The van der Waals surface area contributed by atoms with Crippen molar-refractivity contribution in [1.82, 2.24) is 25.5 Å². The highest BCUT2D eigenvalue weighted by molar-refractivity contribution is 6.00. The van der Waals surface area contributed by atoms with Crippen LogP contribution in [0.25, 0.3) is 22.3 Å². The number of fused-ring (bicyclic) bond motifs is 5. The van der Waals surface area contributed by atoms with E-state index in [1.807, 2.05) is 0 Å². The molecule has 3 unspecified atom stereocenters. The summed E-state index contributed by atoms with van der Waals surface area (Å²) in [5.74, 6) is -4.22. The molecule has 4 aromatic rings. The Hall–Kier alpha value is -6.73. The Morgan fingerprint density at radius 3 is 2.44 bits per heavy atom. The van der Waals surface area contributed by atoms with Crippen LogP contribution < -0.4 is 38.3 Å². The molecule has 0 spiro atoms. The lowest BCUT2D eigenvalue weighted by Gasteiger charge is -2.31. The van der Waals surface area contributed by atoms with Crippen LogP contribution in [-0.4, -0.2) is 68.5 Å². The van der Waals surface area contributed by atoms with Crippen LogP contribution in [0.1, 0.15) is 85.0 Å². The molecule has 320 valence electrons. The van der Waals surface area contributed by atoms with Crippen molar-refractivity contribution in [1.29, 1.82) is 0 Å². The van der Waals surface area contributed by atoms with Crippen LogP contribution in [-0.2, 0) is 65.2 Å². The predicted molar refractivity (Wildman–Crippen MR) is 216 cm³/mol. The Labute approximate surface area is 347 Å². The first-order valence-corrected chi connectivity index (χ1v) is 19.7. The first kappa shape index (κ1) is 42.4. The molecule has 5 atom stereocenters. The van der Waals surface area contributed by atoms with Gasteiger partial charge >= 0.3 is 12.1 Å². The molecule has 61 heavy (non-hydrogen) atoms. The van der Waals surface area contributed by atoms with Crippen molar-refractivity contribution in [3.8, 4) is 11.4 Å². The molecule has 1 aliphatic carbocycles. The molecule has 18 nitrogen and oxygen atoms in total. The van der Waals surface area contributed by atoms with Crippen LogP contribution in [0.15, 0.2) is 41.2 Å². The fraction of sp³-hybridized carbons (Fsp3) is 0.381. The summed E-state index contributed by atoms with van der Waals surface area (Å²) in [6, 6.07) is 5.22. The van der Waals surface area contributed by atoms with Gasteiger partial charge in [0.05, 0.1) is 47.5 Å². The number of pyridine rings is 2. The second-order valence-corrected chi connectivity index (χ2v) is 15.6. The van der Waals surface area contributed by atoms with E-state index in [0.717, 1.165) is 5.56 Å². The van der Waals surface area contributed by atoms with Crippen LogP contribution in [0.2, 0.25) is 0 Å². The van der Waals surface area contributed by atoms with Crippen molar-refractivity contribution in [3.63, 3.8) is 0 Å². The number of aliphatic hydroxyl groups is 1. The summed E-state index contributed by atoms with van der Waals surface area (Å²) < 4.78 is 27.6. The summed E-state index contributed by atoms with van der Waals surface area (Å²) in [4.78, 5) is 94.2. The molecule has 7 rings (SSSR count). The number of aryl methyl sites for hydroxylation is 1. The maximum absolute atomic E-state index is 15.3. The highest BCUT2D eigenvalue weighted by atomic mass is 19.1. The second kappa shape index (κ2) is 16.4. The molecule has 2 aromatic heterocycles. The number of rotatable bonds is 12. The van der Waals surface area contributed by atoms with Gasteiger partial charge in [0.1, 0.15) is 31.1 Å². The Morgan fingerprint density at radius 1 is 1.05 bits per heavy atom. The van der Waals surface area contributed by atoms with Crippen molar-refractivity contribution in [2.45, 2.75) is 103 Å². The summed E-state index contributed by atoms with van der Waals surface area (Å²) in [7, 11) is 0. The topological polar surface area (TPSA) is 276 Å². The number of nitrogens with one attached hydrogen (secondary N) is 4. The molecule has 9 N–H and O–H groups in total. The summed E-state index contributed by atoms with van der Waals surface area (Å²) in [6.07, 6.45) is -0.511. The fourth-order valence-electron chi connectivity index (χ4n) is 8.06. The van der Waals surface area contributed by atoms with Gasteiger partial charge in [-0.1, -0.05) is 19.1 Å². The average Bonchev–Trinajstić information content (AvgIpc) is 3.59. The largest absolute Gasteiger partial charge is 0.458 e. The fourth-order valence-corrected chi connectivity index (χ4v) is 8.06. The molecule has 0 bridgehead atoms. The third-order valence-electron chi connectivity index (χ3n) is 11.5. The van der Waals surface area contributed by atoms with E-state index in [0.29, 0.717) is 63.1 Å². The number of halogens is 1. The Kier molecular flexibility index (Phi) is 11.4. The molecule has 3 aliphatic rings. The number of benzene rings is 2. The SMILES string of the molecule is CC[C@@]1(O)C(=O)OCc2c1cc1n(c2=O)Cc2c-1nc1cc(F)c(C)c3c1c2[C@@H](NC(=O)OCc1ccc(NC(=O)C(CC(N)=O)NC(=O)C(C)NC(=O)C(C)N)cc1)CC3. The van der Waals surface area contributed by atoms with E-state index in [2.05, 4.69) is 21.3 Å². The van der Waals surface area contributed by atoms with E-state index in [4.69, 9.17) is 25.9 Å². The number of esters is 1. The second-order valence-electron chi connectivity index (χ2n) is 15.6. The summed E-state index contributed by atoms with van der Waals surface area (Å²) in [5, 5.41) is 22.4. The predicted octanol–water partition coefficient (Wildman–Crippen LogP) is 1.59. The van der Waals surface area contributed by atoms with Crippen molar-refractivity contribution in [3.05, 3.63) is 91.5 Å². The number of anilines is 1. The lowest BCUT2D eigenvalue weighted by Crippen LogP contribution is -2.54. The molecular weight excluding hydrogens is 796 g/mol. The Balaban J connectivity index is 1.07. The average molecular weight is 841 g/mol. The Bertz CT molecular complexity index is 2590. The number of amides is 5. The molecular formula is C42H45FN8O10. The maximum atomic E-state index is 15.3. The van der Waals surface area contributed by atoms with Crippen LogP contribution in [0.4, 0.5) is 14.9 Å². The van der Waals surface area contributed by atoms with Crippen molar-refractivity contribution < 1.29 is 47.7 Å². The normalized spacial score (nSPS) is 18.7. The molecule has 4 heterocycles. The number of alkyl carbamates (subject to hydrolysis) is 1. The first-order valence-electron chi connectivity index (χ1n) is 19.7. The number of carbonyl (C=O) groups excluding carboxylic acids is 6. The zero-order valence-corrected chi connectivity index (χ0v) is 33.8. The number of nitrogens with two attached hydrogens (primary N) is 2. The van der Waals surface area contributed by atoms with Crippen LogP contribution >= 0.6 is 0 Å². The van der Waals surface area contributed by atoms with E-state index in [-0.39, 0.29) is 37.3 Å². The molecule has 0 saturated carbocycles. The van der Waals surface area contributed by atoms with E-state index in [9.17, 15) is 38.7 Å². The number of aromatic nitrogens is 2. The highest BCUT2D eigenvalue weighted by Crippen LogP contribution is 2.46. The Morgan fingerprint density at radius 2 is 1.77 bits per heavy atom. The molecule has 2 aliphatic heterocycles. The zero-order chi connectivity index (χ0) is 44.1. The minimum absolute atomic E-state index is 0.0350. The number of hydrogen-bond acceptors (Lipinski definition) is 12. The minimum atomic E-state index is -2.03. The van der Waals surface area contributed by atoms with E-state index in [1.54, 1.807) is 32.0 Å². The van der Waals surface area contributed by atoms with Crippen LogP contribution in [0.5, 0.6) is 0 Å². The van der Waals surface area contributed by atoms with Crippen molar-refractivity contribution >= 4 is 52.3 Å². The van der Waals surface area contributed by atoms with Crippen molar-refractivity contribution in [2.75, 3.05) is 5.32 Å². The molecule has 0 radical (unpaired) electrons. The van der Waals surface area contributed by atoms with Gasteiger partial charge < -0.3 is 51.9 Å². The van der Waals surface area contributed by atoms with E-state index >= 15 is 4.39 Å². The number of ether oxygens (including phenoxy) is 2. The first-order chi connectivity index (χ1) is 28.9. The van der Waals surface area contributed by atoms with Gasteiger partial charge in [-0.25, -0.2) is 19.0 Å². The van der Waals surface area contributed by atoms with Crippen molar-refractivity contribution in [2.24, 2.45) is 11.5 Å². The monoisotopic (exact) mass is 840 g/mol.